The lowest BCUT2D eigenvalue weighted by Crippen LogP contribution is -2.19. The molecule has 0 aliphatic carbocycles. The van der Waals surface area contributed by atoms with Crippen LogP contribution < -0.4 is 0 Å². The van der Waals surface area contributed by atoms with Gasteiger partial charge in [0.1, 0.15) is 0 Å². The summed E-state index contributed by atoms with van der Waals surface area (Å²) in [5, 5.41) is 9.68. The predicted octanol–water partition coefficient (Wildman–Crippen LogP) is 4.45. The van der Waals surface area contributed by atoms with Gasteiger partial charge in [0, 0.05) is 0 Å². The van der Waals surface area contributed by atoms with Crippen molar-refractivity contribution in [2.24, 2.45) is 0 Å². The zero-order valence-corrected chi connectivity index (χ0v) is 10.6. The van der Waals surface area contributed by atoms with Crippen LogP contribution in [-0.4, -0.2) is 10.7 Å². The van der Waals surface area contributed by atoms with Crippen LogP contribution in [0.25, 0.3) is 0 Å². The van der Waals surface area contributed by atoms with Gasteiger partial charge in [0.05, 0.1) is 5.60 Å². The minimum absolute atomic E-state index is 0.651. The zero-order valence-electron chi connectivity index (χ0n) is 10.6. The number of hydrogen-bond donors (Lipinski definition) is 1. The van der Waals surface area contributed by atoms with Gasteiger partial charge in [-0.25, -0.2) is 0 Å². The van der Waals surface area contributed by atoms with Crippen LogP contribution >= 0.6 is 0 Å². The molecular weight excluding hydrogens is 184 g/mol. The molecule has 1 atom stereocenters. The number of unbranched alkanes of at least 4 members (excludes halogenated alkanes) is 7. The summed E-state index contributed by atoms with van der Waals surface area (Å²) in [7, 11) is 0. The third-order valence-corrected chi connectivity index (χ3v) is 2.98. The van der Waals surface area contributed by atoms with Crippen molar-refractivity contribution in [3.05, 3.63) is 12.7 Å². The minimum Gasteiger partial charge on any atom is -0.386 e. The van der Waals surface area contributed by atoms with Gasteiger partial charge < -0.3 is 5.11 Å². The van der Waals surface area contributed by atoms with E-state index in [4.69, 9.17) is 0 Å². The summed E-state index contributed by atoms with van der Waals surface area (Å²) in [4.78, 5) is 0. The monoisotopic (exact) mass is 212 g/mol. The number of hydrogen-bond acceptors (Lipinski definition) is 1. The van der Waals surface area contributed by atoms with Crippen molar-refractivity contribution in [2.75, 3.05) is 0 Å². The fourth-order valence-corrected chi connectivity index (χ4v) is 1.72. The van der Waals surface area contributed by atoms with Gasteiger partial charge in [0.15, 0.2) is 0 Å². The highest BCUT2D eigenvalue weighted by molar-refractivity contribution is 4.91. The Bertz CT molecular complexity index is 149. The van der Waals surface area contributed by atoms with Crippen molar-refractivity contribution in [2.45, 2.75) is 77.2 Å². The van der Waals surface area contributed by atoms with Gasteiger partial charge in [-0.1, -0.05) is 64.4 Å². The maximum Gasteiger partial charge on any atom is 0.0797 e. The summed E-state index contributed by atoms with van der Waals surface area (Å²) >= 11 is 0. The van der Waals surface area contributed by atoms with E-state index < -0.39 is 5.60 Å². The van der Waals surface area contributed by atoms with Crippen LogP contribution in [0.2, 0.25) is 0 Å². The Labute approximate surface area is 95.6 Å². The maximum absolute atomic E-state index is 9.68. The van der Waals surface area contributed by atoms with Crippen LogP contribution in [0.1, 0.15) is 71.6 Å². The van der Waals surface area contributed by atoms with Crippen molar-refractivity contribution in [3.63, 3.8) is 0 Å². The molecule has 1 nitrogen and oxygen atoms in total. The first-order chi connectivity index (χ1) is 7.12. The molecule has 0 radical (unpaired) electrons. The molecule has 0 bridgehead atoms. The lowest BCUT2D eigenvalue weighted by molar-refractivity contribution is 0.0988. The van der Waals surface area contributed by atoms with Crippen LogP contribution in [0.15, 0.2) is 12.7 Å². The van der Waals surface area contributed by atoms with Gasteiger partial charge in [-0.05, 0) is 13.3 Å². The van der Waals surface area contributed by atoms with Gasteiger partial charge in [0.25, 0.3) is 0 Å². The van der Waals surface area contributed by atoms with E-state index in [1.54, 1.807) is 6.08 Å². The summed E-state index contributed by atoms with van der Waals surface area (Å²) < 4.78 is 0. The van der Waals surface area contributed by atoms with Crippen molar-refractivity contribution in [1.29, 1.82) is 0 Å². The van der Waals surface area contributed by atoms with Crippen molar-refractivity contribution < 1.29 is 5.11 Å². The Morgan fingerprint density at radius 1 is 1.00 bits per heavy atom. The normalized spacial score (nSPS) is 14.9. The van der Waals surface area contributed by atoms with Gasteiger partial charge >= 0.3 is 0 Å². The fourth-order valence-electron chi connectivity index (χ4n) is 1.72. The highest BCUT2D eigenvalue weighted by atomic mass is 16.3. The molecule has 1 N–H and O–H groups in total. The molecule has 0 aromatic rings. The molecule has 1 unspecified atom stereocenters. The molecule has 1 heteroatoms. The van der Waals surface area contributed by atoms with E-state index in [0.29, 0.717) is 0 Å². The van der Waals surface area contributed by atoms with Crippen molar-refractivity contribution >= 4 is 0 Å². The average molecular weight is 212 g/mol. The van der Waals surface area contributed by atoms with E-state index in [0.717, 1.165) is 12.8 Å². The maximum atomic E-state index is 9.68. The number of aliphatic hydroxyl groups is 1. The molecule has 0 fully saturated rings. The van der Waals surface area contributed by atoms with Gasteiger partial charge in [0.2, 0.25) is 0 Å². The molecule has 0 saturated heterocycles. The summed E-state index contributed by atoms with van der Waals surface area (Å²) in [5.41, 5.74) is -0.651. The quantitative estimate of drug-likeness (QED) is 0.419. The van der Waals surface area contributed by atoms with E-state index in [2.05, 4.69) is 13.5 Å². The molecule has 0 aliphatic heterocycles. The highest BCUT2D eigenvalue weighted by Gasteiger charge is 2.13. The Balaban J connectivity index is 3.15. The van der Waals surface area contributed by atoms with E-state index in [1.807, 2.05) is 6.92 Å². The number of rotatable bonds is 10. The molecular formula is C14H28O. The lowest BCUT2D eigenvalue weighted by atomic mass is 9.98. The fraction of sp³-hybridized carbons (Fsp3) is 0.857. The average Bonchev–Trinajstić information content (AvgIpc) is 2.22. The SMILES string of the molecule is C=CC(C)(O)CCCCCCCCCC. The second-order valence-corrected chi connectivity index (χ2v) is 4.79. The Kier molecular flexibility index (Phi) is 8.79. The first-order valence-corrected chi connectivity index (χ1v) is 6.48. The van der Waals surface area contributed by atoms with Crippen LogP contribution in [0.4, 0.5) is 0 Å². The topological polar surface area (TPSA) is 20.2 Å². The van der Waals surface area contributed by atoms with E-state index >= 15 is 0 Å². The van der Waals surface area contributed by atoms with E-state index in [9.17, 15) is 5.11 Å². The first-order valence-electron chi connectivity index (χ1n) is 6.48. The molecule has 0 aromatic carbocycles. The smallest absolute Gasteiger partial charge is 0.0797 e. The van der Waals surface area contributed by atoms with Crippen LogP contribution in [-0.2, 0) is 0 Å². The standard InChI is InChI=1S/C14H28O/c1-4-6-7-8-9-10-11-12-13-14(3,15)5-2/h5,15H,2,4,6-13H2,1,3H3. The van der Waals surface area contributed by atoms with E-state index in [-0.39, 0.29) is 0 Å². The third kappa shape index (κ3) is 9.99. The Morgan fingerprint density at radius 2 is 1.47 bits per heavy atom. The summed E-state index contributed by atoms with van der Waals surface area (Å²) in [6, 6.07) is 0. The van der Waals surface area contributed by atoms with Crippen LogP contribution in [0.3, 0.4) is 0 Å². The minimum atomic E-state index is -0.651. The van der Waals surface area contributed by atoms with Crippen molar-refractivity contribution in [3.8, 4) is 0 Å². The van der Waals surface area contributed by atoms with Crippen LogP contribution in [0, 0.1) is 0 Å². The van der Waals surface area contributed by atoms with Gasteiger partial charge in [-0.15, -0.1) is 6.58 Å². The lowest BCUT2D eigenvalue weighted by Gasteiger charge is -2.17. The highest BCUT2D eigenvalue weighted by Crippen LogP contribution is 2.16. The first kappa shape index (κ1) is 14.7. The summed E-state index contributed by atoms with van der Waals surface area (Å²) in [5.74, 6) is 0. The molecule has 0 saturated carbocycles. The molecule has 0 rings (SSSR count). The molecule has 90 valence electrons. The summed E-state index contributed by atoms with van der Waals surface area (Å²) in [6.45, 7) is 7.71. The molecule has 0 amide bonds. The molecule has 0 spiro atoms. The molecule has 15 heavy (non-hydrogen) atoms. The second-order valence-electron chi connectivity index (χ2n) is 4.79. The second kappa shape index (κ2) is 8.96. The Morgan fingerprint density at radius 3 is 1.93 bits per heavy atom. The van der Waals surface area contributed by atoms with Crippen molar-refractivity contribution in [1.82, 2.24) is 0 Å². The molecule has 0 heterocycles. The van der Waals surface area contributed by atoms with Gasteiger partial charge in [-0.3, -0.25) is 0 Å². The van der Waals surface area contributed by atoms with Crippen LogP contribution in [0.5, 0.6) is 0 Å². The largest absolute Gasteiger partial charge is 0.386 e. The predicted molar refractivity (Wildman–Crippen MR) is 68.0 cm³/mol. The molecule has 0 aliphatic rings. The van der Waals surface area contributed by atoms with E-state index in [1.165, 1.54) is 44.9 Å². The summed E-state index contributed by atoms with van der Waals surface area (Å²) in [6.07, 6.45) is 13.0. The Hall–Kier alpha value is -0.300. The van der Waals surface area contributed by atoms with Gasteiger partial charge in [-0.2, -0.15) is 0 Å². The zero-order chi connectivity index (χ0) is 11.6. The third-order valence-electron chi connectivity index (χ3n) is 2.98. The molecule has 0 aromatic heterocycles.